The minimum absolute atomic E-state index is 0.104. The number of hydrogen-bond acceptors (Lipinski definition) is 5. The molecular formula is C10H7N5O2. The molecule has 0 aliphatic heterocycles. The van der Waals surface area contributed by atoms with E-state index in [1.54, 1.807) is 24.3 Å². The van der Waals surface area contributed by atoms with Crippen molar-refractivity contribution >= 4 is 5.78 Å². The molecule has 0 saturated carbocycles. The van der Waals surface area contributed by atoms with Crippen LogP contribution in [0.25, 0.3) is 16.9 Å². The second-order valence-electron chi connectivity index (χ2n) is 3.43. The molecule has 3 aromatic rings. The standard InChI is InChI=1S/C10H7N5O2/c16-8-7(6-4-2-1-3-5-6)9(17)15-10(11-8)12-13-14-15/h1-5,17H,(H,11,12,14,16). The maximum atomic E-state index is 11.8. The van der Waals surface area contributed by atoms with Gasteiger partial charge in [-0.2, -0.15) is 0 Å². The molecule has 17 heavy (non-hydrogen) atoms. The summed E-state index contributed by atoms with van der Waals surface area (Å²) < 4.78 is 1.07. The molecule has 7 heteroatoms. The fourth-order valence-corrected chi connectivity index (χ4v) is 1.64. The lowest BCUT2D eigenvalue weighted by atomic mass is 10.1. The minimum atomic E-state index is -0.434. The van der Waals surface area contributed by atoms with Crippen molar-refractivity contribution in [2.75, 3.05) is 0 Å². The maximum absolute atomic E-state index is 11.8. The summed E-state index contributed by atoms with van der Waals surface area (Å²) in [6.45, 7) is 0. The van der Waals surface area contributed by atoms with Crippen LogP contribution in [0.1, 0.15) is 0 Å². The second kappa shape index (κ2) is 3.41. The zero-order valence-corrected chi connectivity index (χ0v) is 8.53. The number of nitrogens with one attached hydrogen (secondary N) is 1. The third-order valence-corrected chi connectivity index (χ3v) is 2.41. The van der Waals surface area contributed by atoms with Crippen LogP contribution in [-0.2, 0) is 0 Å². The predicted octanol–water partition coefficient (Wildman–Crippen LogP) is 0.185. The average molecular weight is 229 g/mol. The molecule has 0 fully saturated rings. The van der Waals surface area contributed by atoms with E-state index < -0.39 is 5.56 Å². The zero-order chi connectivity index (χ0) is 11.8. The van der Waals surface area contributed by atoms with Crippen molar-refractivity contribution in [2.45, 2.75) is 0 Å². The zero-order valence-electron chi connectivity index (χ0n) is 8.53. The number of H-pyrrole nitrogens is 1. The van der Waals surface area contributed by atoms with Gasteiger partial charge in [-0.25, -0.2) is 0 Å². The lowest BCUT2D eigenvalue weighted by Gasteiger charge is -2.03. The Hall–Kier alpha value is -2.70. The normalized spacial score (nSPS) is 10.8. The maximum Gasteiger partial charge on any atom is 0.264 e. The quantitative estimate of drug-likeness (QED) is 0.620. The third kappa shape index (κ3) is 1.36. The topological polar surface area (TPSA) is 96.2 Å². The molecular weight excluding hydrogens is 222 g/mol. The molecule has 2 N–H and O–H groups in total. The molecule has 0 saturated heterocycles. The first-order chi connectivity index (χ1) is 8.27. The van der Waals surface area contributed by atoms with E-state index in [2.05, 4.69) is 20.5 Å². The fourth-order valence-electron chi connectivity index (χ4n) is 1.64. The van der Waals surface area contributed by atoms with Gasteiger partial charge in [-0.1, -0.05) is 35.4 Å². The minimum Gasteiger partial charge on any atom is -0.493 e. The Morgan fingerprint density at radius 2 is 2.00 bits per heavy atom. The lowest BCUT2D eigenvalue weighted by Crippen LogP contribution is -2.12. The van der Waals surface area contributed by atoms with Gasteiger partial charge in [-0.15, -0.1) is 4.52 Å². The Bertz CT molecular complexity index is 731. The van der Waals surface area contributed by atoms with Gasteiger partial charge in [0.1, 0.15) is 5.56 Å². The van der Waals surface area contributed by atoms with Crippen LogP contribution in [0.2, 0.25) is 0 Å². The molecule has 0 spiro atoms. The van der Waals surface area contributed by atoms with Crippen molar-refractivity contribution in [3.8, 4) is 17.0 Å². The van der Waals surface area contributed by atoms with Crippen LogP contribution in [0.4, 0.5) is 0 Å². The highest BCUT2D eigenvalue weighted by Crippen LogP contribution is 2.23. The number of benzene rings is 1. The number of rotatable bonds is 1. The first-order valence-electron chi connectivity index (χ1n) is 4.86. The van der Waals surface area contributed by atoms with E-state index in [1.165, 1.54) is 0 Å². The van der Waals surface area contributed by atoms with Gasteiger partial charge >= 0.3 is 0 Å². The molecule has 0 unspecified atom stereocenters. The van der Waals surface area contributed by atoms with Crippen LogP contribution in [0.15, 0.2) is 35.1 Å². The Kier molecular flexibility index (Phi) is 1.91. The van der Waals surface area contributed by atoms with Gasteiger partial charge in [-0.3, -0.25) is 9.78 Å². The van der Waals surface area contributed by atoms with E-state index in [1.807, 2.05) is 6.07 Å². The molecule has 0 aliphatic rings. The Morgan fingerprint density at radius 3 is 2.76 bits per heavy atom. The van der Waals surface area contributed by atoms with E-state index in [4.69, 9.17) is 0 Å². The van der Waals surface area contributed by atoms with Crippen LogP contribution < -0.4 is 5.56 Å². The first-order valence-corrected chi connectivity index (χ1v) is 4.86. The van der Waals surface area contributed by atoms with Gasteiger partial charge < -0.3 is 5.11 Å². The van der Waals surface area contributed by atoms with Gasteiger partial charge in [0, 0.05) is 0 Å². The monoisotopic (exact) mass is 229 g/mol. The number of aromatic nitrogens is 5. The van der Waals surface area contributed by atoms with Gasteiger partial charge in [0.2, 0.25) is 5.88 Å². The largest absolute Gasteiger partial charge is 0.493 e. The van der Waals surface area contributed by atoms with Crippen LogP contribution in [0, 0.1) is 0 Å². The van der Waals surface area contributed by atoms with Crippen LogP contribution >= 0.6 is 0 Å². The van der Waals surface area contributed by atoms with Gasteiger partial charge in [0.05, 0.1) is 0 Å². The molecule has 7 nitrogen and oxygen atoms in total. The van der Waals surface area contributed by atoms with Crippen molar-refractivity contribution in [3.05, 3.63) is 40.7 Å². The molecule has 2 aromatic heterocycles. The summed E-state index contributed by atoms with van der Waals surface area (Å²) in [5, 5.41) is 20.5. The van der Waals surface area contributed by atoms with Crippen molar-refractivity contribution in [1.29, 1.82) is 0 Å². The summed E-state index contributed by atoms with van der Waals surface area (Å²) >= 11 is 0. The molecule has 1 aromatic carbocycles. The van der Waals surface area contributed by atoms with Crippen LogP contribution in [-0.4, -0.2) is 30.1 Å². The van der Waals surface area contributed by atoms with Gasteiger partial charge in [0.25, 0.3) is 11.3 Å². The molecule has 0 atom stereocenters. The number of hydrogen-bond donors (Lipinski definition) is 2. The molecule has 0 aliphatic carbocycles. The highest BCUT2D eigenvalue weighted by Gasteiger charge is 2.15. The summed E-state index contributed by atoms with van der Waals surface area (Å²) in [5.74, 6) is -0.174. The summed E-state index contributed by atoms with van der Waals surface area (Å²) in [6, 6.07) is 8.82. The first kappa shape index (κ1) is 9.52. The summed E-state index contributed by atoms with van der Waals surface area (Å²) in [5.41, 5.74) is 0.310. The van der Waals surface area contributed by atoms with Gasteiger partial charge in [-0.05, 0) is 16.0 Å². The van der Waals surface area contributed by atoms with E-state index in [0.29, 0.717) is 5.56 Å². The van der Waals surface area contributed by atoms with E-state index in [9.17, 15) is 9.90 Å². The second-order valence-corrected chi connectivity index (χ2v) is 3.43. The lowest BCUT2D eigenvalue weighted by molar-refractivity contribution is 0.434. The summed E-state index contributed by atoms with van der Waals surface area (Å²) in [4.78, 5) is 14.3. The molecule has 2 heterocycles. The number of tetrazole rings is 1. The van der Waals surface area contributed by atoms with Crippen molar-refractivity contribution in [1.82, 2.24) is 25.0 Å². The smallest absolute Gasteiger partial charge is 0.264 e. The Morgan fingerprint density at radius 1 is 1.24 bits per heavy atom. The fraction of sp³-hybridized carbons (Fsp3) is 0. The van der Waals surface area contributed by atoms with Crippen molar-refractivity contribution in [2.24, 2.45) is 0 Å². The Labute approximate surface area is 94.3 Å². The van der Waals surface area contributed by atoms with E-state index >= 15 is 0 Å². The molecule has 0 bridgehead atoms. The summed E-state index contributed by atoms with van der Waals surface area (Å²) in [6.07, 6.45) is 0. The number of aromatic hydroxyl groups is 1. The predicted molar refractivity (Wildman–Crippen MR) is 58.5 cm³/mol. The van der Waals surface area contributed by atoms with Crippen molar-refractivity contribution < 1.29 is 5.11 Å². The SMILES string of the molecule is O=c1[nH]c2nnnn2c(O)c1-c1ccccc1. The number of nitrogens with zero attached hydrogens (tertiary/aromatic N) is 4. The van der Waals surface area contributed by atoms with Crippen LogP contribution in [0.3, 0.4) is 0 Å². The van der Waals surface area contributed by atoms with E-state index in [-0.39, 0.29) is 17.2 Å². The van der Waals surface area contributed by atoms with Crippen molar-refractivity contribution in [3.63, 3.8) is 0 Å². The highest BCUT2D eigenvalue weighted by molar-refractivity contribution is 5.68. The molecule has 3 rings (SSSR count). The number of aromatic amines is 1. The highest BCUT2D eigenvalue weighted by atomic mass is 16.3. The van der Waals surface area contributed by atoms with Gasteiger partial charge in [0.15, 0.2) is 0 Å². The average Bonchev–Trinajstić information content (AvgIpc) is 2.78. The molecule has 84 valence electrons. The van der Waals surface area contributed by atoms with E-state index in [0.717, 1.165) is 4.52 Å². The molecule has 0 radical (unpaired) electrons. The third-order valence-electron chi connectivity index (χ3n) is 2.41. The summed E-state index contributed by atoms with van der Waals surface area (Å²) in [7, 11) is 0. The Balaban J connectivity index is 2.40. The van der Waals surface area contributed by atoms with Crippen LogP contribution in [0.5, 0.6) is 5.88 Å². The number of fused-ring (bicyclic) bond motifs is 1. The molecule has 0 amide bonds.